The van der Waals surface area contributed by atoms with Crippen molar-refractivity contribution in [1.82, 2.24) is 9.88 Å². The Morgan fingerprint density at radius 3 is 2.69 bits per heavy atom. The highest BCUT2D eigenvalue weighted by Gasteiger charge is 2.26. The van der Waals surface area contributed by atoms with Crippen LogP contribution < -0.4 is 4.74 Å². The Morgan fingerprint density at radius 1 is 1.22 bits per heavy atom. The number of aryl methyl sites for hydroxylation is 1. The zero-order valence-corrected chi connectivity index (χ0v) is 21.5. The molecule has 1 aliphatic heterocycles. The number of benzene rings is 2. The molecule has 3 N–H and O–H groups in total. The molecule has 1 fully saturated rings. The summed E-state index contributed by atoms with van der Waals surface area (Å²) in [6.45, 7) is 5.48. The van der Waals surface area contributed by atoms with Crippen LogP contribution in [0.15, 0.2) is 42.6 Å². The molecule has 7 heteroatoms. The zero-order chi connectivity index (χ0) is 25.7. The molecule has 0 spiro atoms. The first-order chi connectivity index (χ1) is 17.5. The van der Waals surface area contributed by atoms with Gasteiger partial charge in [0.2, 0.25) is 0 Å². The van der Waals surface area contributed by atoms with Gasteiger partial charge < -0.3 is 24.7 Å². The average molecular weight is 495 g/mol. The summed E-state index contributed by atoms with van der Waals surface area (Å²) in [5.41, 5.74) is 5.16. The van der Waals surface area contributed by atoms with Crippen LogP contribution in [0, 0.1) is 12.8 Å². The second-order valence-corrected chi connectivity index (χ2v) is 9.76. The third kappa shape index (κ3) is 5.59. The quantitative estimate of drug-likeness (QED) is 0.352. The first kappa shape index (κ1) is 26.2. The number of esters is 1. The maximum Gasteiger partial charge on any atom is 0.338 e. The molecule has 7 nitrogen and oxygen atoms in total. The number of hydrogen-bond donors (Lipinski definition) is 3. The maximum absolute atomic E-state index is 12.6. The molecule has 36 heavy (non-hydrogen) atoms. The Morgan fingerprint density at radius 2 is 2.00 bits per heavy atom. The van der Waals surface area contributed by atoms with E-state index in [-0.39, 0.29) is 19.3 Å². The van der Waals surface area contributed by atoms with E-state index in [4.69, 9.17) is 9.47 Å². The zero-order valence-electron chi connectivity index (χ0n) is 21.5. The van der Waals surface area contributed by atoms with Crippen molar-refractivity contribution in [3.05, 3.63) is 64.8 Å². The van der Waals surface area contributed by atoms with Crippen LogP contribution in [0.25, 0.3) is 10.9 Å². The number of nitrogens with one attached hydrogen (secondary N) is 1. The minimum atomic E-state index is -0.692. The summed E-state index contributed by atoms with van der Waals surface area (Å²) in [6, 6.07) is 12.1. The van der Waals surface area contributed by atoms with E-state index in [9.17, 15) is 15.0 Å². The van der Waals surface area contributed by atoms with Crippen molar-refractivity contribution in [3.63, 3.8) is 0 Å². The van der Waals surface area contributed by atoms with Gasteiger partial charge in [-0.3, -0.25) is 4.90 Å². The minimum absolute atomic E-state index is 0.00545. The SMILES string of the molecule is CC[C@H](O)[C@@H](CO)COC(=O)c1ccc([C@@H]2CCCCN2Cc2c(OC)cc(C)c3[nH]ccc23)cc1. The summed E-state index contributed by atoms with van der Waals surface area (Å²) in [5.74, 6) is -0.00119. The highest BCUT2D eigenvalue weighted by Crippen LogP contribution is 2.37. The van der Waals surface area contributed by atoms with Crippen molar-refractivity contribution in [1.29, 1.82) is 0 Å². The summed E-state index contributed by atoms with van der Waals surface area (Å²) in [5, 5.41) is 20.6. The van der Waals surface area contributed by atoms with Crippen LogP contribution in [0.3, 0.4) is 0 Å². The van der Waals surface area contributed by atoms with Crippen LogP contribution in [0.2, 0.25) is 0 Å². The molecule has 1 saturated heterocycles. The molecular weight excluding hydrogens is 456 g/mol. The Kier molecular flexibility index (Phi) is 8.67. The van der Waals surface area contributed by atoms with Gasteiger partial charge in [-0.1, -0.05) is 25.5 Å². The van der Waals surface area contributed by atoms with E-state index in [2.05, 4.69) is 28.9 Å². The Labute approximate surface area is 213 Å². The molecule has 3 aromatic rings. The Hall–Kier alpha value is -2.87. The normalized spacial score (nSPS) is 18.2. The fraction of sp³-hybridized carbons (Fsp3) is 0.483. The van der Waals surface area contributed by atoms with Gasteiger partial charge in [0, 0.05) is 41.2 Å². The third-order valence-electron chi connectivity index (χ3n) is 7.46. The van der Waals surface area contributed by atoms with Crippen LogP contribution in [0.5, 0.6) is 5.75 Å². The fourth-order valence-electron chi connectivity index (χ4n) is 5.27. The lowest BCUT2D eigenvalue weighted by Crippen LogP contribution is -2.33. The predicted molar refractivity (Wildman–Crippen MR) is 140 cm³/mol. The molecule has 0 saturated carbocycles. The standard InChI is InChI=1S/C29H38N2O5/c1-4-26(33)22(17-32)18-36-29(34)21-10-8-20(9-11-21)25-7-5-6-14-31(25)16-24-23-12-13-30-28(23)19(2)15-27(24)35-3/h8-13,15,22,25-26,30,32-33H,4-7,14,16-18H2,1-3H3/t22-,25-,26-/m0/s1. The molecule has 3 atom stereocenters. The van der Waals surface area contributed by atoms with E-state index in [1.54, 1.807) is 7.11 Å². The summed E-state index contributed by atoms with van der Waals surface area (Å²) >= 11 is 0. The fourth-order valence-corrected chi connectivity index (χ4v) is 5.27. The van der Waals surface area contributed by atoms with Crippen molar-refractivity contribution < 1.29 is 24.5 Å². The molecule has 1 aliphatic rings. The highest BCUT2D eigenvalue weighted by atomic mass is 16.5. The maximum atomic E-state index is 12.6. The molecule has 0 bridgehead atoms. The number of H-pyrrole nitrogens is 1. The van der Waals surface area contributed by atoms with Gasteiger partial charge in [0.05, 0.1) is 32.0 Å². The van der Waals surface area contributed by atoms with Crippen LogP contribution in [0.1, 0.15) is 65.7 Å². The number of likely N-dealkylation sites (tertiary alicyclic amines) is 1. The predicted octanol–water partition coefficient (Wildman–Crippen LogP) is 4.75. The monoisotopic (exact) mass is 494 g/mol. The first-order valence-corrected chi connectivity index (χ1v) is 12.9. The van der Waals surface area contributed by atoms with Crippen molar-refractivity contribution in [2.24, 2.45) is 5.92 Å². The molecule has 194 valence electrons. The molecular formula is C29H38N2O5. The molecule has 1 aromatic heterocycles. The highest BCUT2D eigenvalue weighted by molar-refractivity contribution is 5.89. The number of aliphatic hydroxyl groups is 2. The van der Waals surface area contributed by atoms with Crippen LogP contribution in [-0.4, -0.2) is 59.0 Å². The average Bonchev–Trinajstić information content (AvgIpc) is 3.41. The van der Waals surface area contributed by atoms with Gasteiger partial charge in [-0.25, -0.2) is 4.79 Å². The van der Waals surface area contributed by atoms with Crippen LogP contribution in [0.4, 0.5) is 0 Å². The number of methoxy groups -OCH3 is 1. The second-order valence-electron chi connectivity index (χ2n) is 9.76. The first-order valence-electron chi connectivity index (χ1n) is 12.9. The summed E-state index contributed by atoms with van der Waals surface area (Å²) in [4.78, 5) is 18.4. The molecule has 0 aliphatic carbocycles. The van der Waals surface area contributed by atoms with Crippen molar-refractivity contribution >= 4 is 16.9 Å². The van der Waals surface area contributed by atoms with E-state index >= 15 is 0 Å². The lowest BCUT2D eigenvalue weighted by molar-refractivity contribution is 0.00509. The lowest BCUT2D eigenvalue weighted by atomic mass is 9.93. The van der Waals surface area contributed by atoms with Gasteiger partial charge in [-0.15, -0.1) is 0 Å². The topological polar surface area (TPSA) is 95.0 Å². The van der Waals surface area contributed by atoms with Crippen molar-refractivity contribution in [2.45, 2.75) is 58.2 Å². The van der Waals surface area contributed by atoms with Gasteiger partial charge in [0.1, 0.15) is 5.75 Å². The molecule has 0 radical (unpaired) electrons. The number of rotatable bonds is 10. The molecule has 2 aromatic carbocycles. The molecule has 4 rings (SSSR count). The number of aromatic amines is 1. The van der Waals surface area contributed by atoms with E-state index < -0.39 is 18.0 Å². The number of carbonyl (C=O) groups excluding carboxylic acids is 1. The minimum Gasteiger partial charge on any atom is -0.496 e. The number of nitrogens with zero attached hydrogens (tertiary/aromatic N) is 1. The van der Waals surface area contributed by atoms with Crippen molar-refractivity contribution in [2.75, 3.05) is 26.9 Å². The molecule has 0 unspecified atom stereocenters. The second kappa shape index (κ2) is 11.9. The molecule has 0 amide bonds. The van der Waals surface area contributed by atoms with E-state index in [1.165, 1.54) is 22.1 Å². The van der Waals surface area contributed by atoms with Crippen LogP contribution in [-0.2, 0) is 11.3 Å². The number of fused-ring (bicyclic) bond motifs is 1. The lowest BCUT2D eigenvalue weighted by Gasteiger charge is -2.36. The number of hydrogen-bond acceptors (Lipinski definition) is 6. The Bertz CT molecular complexity index is 1160. The van der Waals surface area contributed by atoms with Gasteiger partial charge in [-0.2, -0.15) is 0 Å². The smallest absolute Gasteiger partial charge is 0.338 e. The Balaban J connectivity index is 1.49. The summed E-state index contributed by atoms with van der Waals surface area (Å²) in [7, 11) is 1.73. The van der Waals surface area contributed by atoms with Crippen molar-refractivity contribution in [3.8, 4) is 5.75 Å². The van der Waals surface area contributed by atoms with Gasteiger partial charge in [0.25, 0.3) is 0 Å². The number of piperidine rings is 1. The number of ether oxygens (including phenoxy) is 2. The third-order valence-corrected chi connectivity index (χ3v) is 7.46. The van der Waals surface area contributed by atoms with E-state index in [1.807, 2.05) is 37.4 Å². The van der Waals surface area contributed by atoms with Gasteiger partial charge in [0.15, 0.2) is 0 Å². The van der Waals surface area contributed by atoms with Gasteiger partial charge in [-0.05, 0) is 68.1 Å². The van der Waals surface area contributed by atoms with E-state index in [0.29, 0.717) is 12.0 Å². The summed E-state index contributed by atoms with van der Waals surface area (Å²) in [6.07, 6.45) is 5.17. The molecule has 2 heterocycles. The van der Waals surface area contributed by atoms with Crippen LogP contribution >= 0.6 is 0 Å². The number of aromatic nitrogens is 1. The largest absolute Gasteiger partial charge is 0.496 e. The number of aliphatic hydroxyl groups excluding tert-OH is 2. The summed E-state index contributed by atoms with van der Waals surface area (Å²) < 4.78 is 11.1. The van der Waals surface area contributed by atoms with Gasteiger partial charge >= 0.3 is 5.97 Å². The number of carbonyl (C=O) groups is 1. The van der Waals surface area contributed by atoms with E-state index in [0.717, 1.165) is 43.6 Å².